The molecule has 15 heteroatoms. The zero-order chi connectivity index (χ0) is 30.0. The third-order valence-corrected chi connectivity index (χ3v) is 6.54. The van der Waals surface area contributed by atoms with Crippen molar-refractivity contribution in [3.63, 3.8) is 0 Å². The first kappa shape index (κ1) is 31.1. The summed E-state index contributed by atoms with van der Waals surface area (Å²) in [6, 6.07) is 6.78. The van der Waals surface area contributed by atoms with E-state index in [1.165, 1.54) is 54.6 Å². The van der Waals surface area contributed by atoms with Crippen molar-refractivity contribution < 1.29 is 49.9 Å². The topological polar surface area (TPSA) is 76.1 Å². The Morgan fingerprint density at radius 1 is 0.950 bits per heavy atom. The van der Waals surface area contributed by atoms with Gasteiger partial charge in [0.15, 0.2) is 0 Å². The Morgan fingerprint density at radius 3 is 2.02 bits per heavy atom. The summed E-state index contributed by atoms with van der Waals surface area (Å²) < 4.78 is 106. The van der Waals surface area contributed by atoms with E-state index in [1.807, 2.05) is 0 Å². The summed E-state index contributed by atoms with van der Waals surface area (Å²) in [6.45, 7) is 0.358. The lowest BCUT2D eigenvalue weighted by Crippen LogP contribution is -2.63. The summed E-state index contributed by atoms with van der Waals surface area (Å²) in [5.74, 6) is -5.79. The SMILES string of the molecule is C[C@@H]1CN(C(=O)N(Cc2ccc(C(=O)NO)cc2)c2cccc(C(F)(F)F)c2)C[C@H](C)N1CC(F)(F)C(F)(F)F. The molecule has 2 aromatic rings. The second-order valence-electron chi connectivity index (χ2n) is 9.53. The highest BCUT2D eigenvalue weighted by molar-refractivity contribution is 5.94. The third-order valence-electron chi connectivity index (χ3n) is 6.54. The van der Waals surface area contributed by atoms with E-state index in [-0.39, 0.29) is 30.9 Å². The number of hydroxylamine groups is 1. The fraction of sp³-hybridized carbons (Fsp3) is 0.440. The van der Waals surface area contributed by atoms with Gasteiger partial charge in [-0.1, -0.05) is 18.2 Å². The molecule has 7 nitrogen and oxygen atoms in total. The Morgan fingerprint density at radius 2 is 1.52 bits per heavy atom. The summed E-state index contributed by atoms with van der Waals surface area (Å²) in [4.78, 5) is 28.4. The number of alkyl halides is 8. The largest absolute Gasteiger partial charge is 0.454 e. The Bertz CT molecular complexity index is 1190. The Balaban J connectivity index is 1.90. The van der Waals surface area contributed by atoms with Gasteiger partial charge in [-0.15, -0.1) is 0 Å². The van der Waals surface area contributed by atoms with Crippen LogP contribution in [0.5, 0.6) is 0 Å². The lowest BCUT2D eigenvalue weighted by atomic mass is 10.1. The van der Waals surface area contributed by atoms with Crippen LogP contribution in [0.1, 0.15) is 35.3 Å². The average Bonchev–Trinajstić information content (AvgIpc) is 2.87. The number of amides is 3. The van der Waals surface area contributed by atoms with Crippen molar-refractivity contribution in [2.45, 2.75) is 50.8 Å². The number of halogens is 8. The number of nitrogens with one attached hydrogen (secondary N) is 1. The maximum absolute atomic E-state index is 13.8. The minimum atomic E-state index is -5.76. The monoisotopic (exact) mass is 582 g/mol. The van der Waals surface area contributed by atoms with Crippen LogP contribution in [0.3, 0.4) is 0 Å². The van der Waals surface area contributed by atoms with E-state index in [0.29, 0.717) is 5.56 Å². The van der Waals surface area contributed by atoms with Crippen LogP contribution in [0.4, 0.5) is 45.6 Å². The van der Waals surface area contributed by atoms with Crippen LogP contribution in [0.25, 0.3) is 0 Å². The Kier molecular flexibility index (Phi) is 8.99. The molecule has 0 radical (unpaired) electrons. The molecular weight excluding hydrogens is 556 g/mol. The summed E-state index contributed by atoms with van der Waals surface area (Å²) in [5.41, 5.74) is 0.749. The van der Waals surface area contributed by atoms with Crippen molar-refractivity contribution in [3.8, 4) is 0 Å². The second kappa shape index (κ2) is 11.6. The van der Waals surface area contributed by atoms with Gasteiger partial charge in [0.25, 0.3) is 5.91 Å². The van der Waals surface area contributed by atoms with Gasteiger partial charge in [-0.2, -0.15) is 35.1 Å². The van der Waals surface area contributed by atoms with Crippen LogP contribution in [0.15, 0.2) is 48.5 Å². The Labute approximate surface area is 223 Å². The number of piperazine rings is 1. The highest BCUT2D eigenvalue weighted by atomic mass is 19.4. The molecular formula is C25H26F8N4O3. The van der Waals surface area contributed by atoms with E-state index in [9.17, 15) is 44.7 Å². The predicted molar refractivity (Wildman–Crippen MR) is 127 cm³/mol. The van der Waals surface area contributed by atoms with Crippen LogP contribution in [-0.4, -0.2) is 70.8 Å². The van der Waals surface area contributed by atoms with E-state index in [1.54, 1.807) is 0 Å². The second-order valence-corrected chi connectivity index (χ2v) is 9.53. The van der Waals surface area contributed by atoms with Crippen LogP contribution in [-0.2, 0) is 12.7 Å². The highest BCUT2D eigenvalue weighted by Gasteiger charge is 2.59. The molecule has 1 saturated heterocycles. The molecule has 1 aliphatic heterocycles. The molecule has 40 heavy (non-hydrogen) atoms. The van der Waals surface area contributed by atoms with Crippen LogP contribution >= 0.6 is 0 Å². The molecule has 3 rings (SSSR count). The summed E-state index contributed by atoms with van der Waals surface area (Å²) in [7, 11) is 0. The van der Waals surface area contributed by atoms with Gasteiger partial charge in [-0.25, -0.2) is 10.3 Å². The average molecular weight is 582 g/mol. The van der Waals surface area contributed by atoms with E-state index in [2.05, 4.69) is 0 Å². The van der Waals surface area contributed by atoms with Crippen molar-refractivity contribution in [3.05, 3.63) is 65.2 Å². The molecule has 0 aliphatic carbocycles. The molecule has 0 bridgehead atoms. The molecule has 2 aromatic carbocycles. The summed E-state index contributed by atoms with van der Waals surface area (Å²) in [5, 5.41) is 8.77. The number of nitrogens with zero attached hydrogens (tertiary/aromatic N) is 3. The quantitative estimate of drug-likeness (QED) is 0.267. The first-order chi connectivity index (χ1) is 18.4. The molecule has 1 heterocycles. The van der Waals surface area contributed by atoms with E-state index < -0.39 is 54.4 Å². The van der Waals surface area contributed by atoms with Gasteiger partial charge in [0.2, 0.25) is 0 Å². The molecule has 3 amide bonds. The number of hydrogen-bond acceptors (Lipinski definition) is 4. The molecule has 1 fully saturated rings. The summed E-state index contributed by atoms with van der Waals surface area (Å²) >= 11 is 0. The van der Waals surface area contributed by atoms with Crippen molar-refractivity contribution in [1.29, 1.82) is 0 Å². The molecule has 0 spiro atoms. The number of carbonyl (C=O) groups excluding carboxylic acids is 2. The summed E-state index contributed by atoms with van der Waals surface area (Å²) in [6.07, 6.45) is -10.5. The smallest absolute Gasteiger partial charge is 0.321 e. The molecule has 2 atom stereocenters. The number of carbonyl (C=O) groups is 2. The zero-order valence-corrected chi connectivity index (χ0v) is 21.2. The van der Waals surface area contributed by atoms with Gasteiger partial charge < -0.3 is 4.90 Å². The number of anilines is 1. The van der Waals surface area contributed by atoms with Crippen LogP contribution in [0, 0.1) is 0 Å². The highest BCUT2D eigenvalue weighted by Crippen LogP contribution is 2.38. The fourth-order valence-corrected chi connectivity index (χ4v) is 4.44. The minimum Gasteiger partial charge on any atom is -0.321 e. The Hall–Kier alpha value is -3.46. The van der Waals surface area contributed by atoms with E-state index in [0.717, 1.165) is 28.0 Å². The number of hydrogen-bond donors (Lipinski definition) is 2. The number of rotatable bonds is 6. The van der Waals surface area contributed by atoms with Gasteiger partial charge >= 0.3 is 24.3 Å². The van der Waals surface area contributed by atoms with Gasteiger partial charge in [-0.3, -0.25) is 19.8 Å². The molecule has 0 unspecified atom stereocenters. The molecule has 2 N–H and O–H groups in total. The third kappa shape index (κ3) is 6.99. The lowest BCUT2D eigenvalue weighted by Gasteiger charge is -2.46. The van der Waals surface area contributed by atoms with E-state index >= 15 is 0 Å². The maximum Gasteiger partial charge on any atom is 0.454 e. The van der Waals surface area contributed by atoms with E-state index in [4.69, 9.17) is 5.21 Å². The number of urea groups is 1. The van der Waals surface area contributed by atoms with Crippen LogP contribution < -0.4 is 10.4 Å². The van der Waals surface area contributed by atoms with Crippen molar-refractivity contribution in [2.24, 2.45) is 0 Å². The van der Waals surface area contributed by atoms with Gasteiger partial charge in [0.1, 0.15) is 0 Å². The fourth-order valence-electron chi connectivity index (χ4n) is 4.44. The van der Waals surface area contributed by atoms with Crippen molar-refractivity contribution in [1.82, 2.24) is 15.3 Å². The number of benzene rings is 2. The lowest BCUT2D eigenvalue weighted by molar-refractivity contribution is -0.290. The normalized spacial score (nSPS) is 18.9. The zero-order valence-electron chi connectivity index (χ0n) is 21.2. The predicted octanol–water partition coefficient (Wildman–Crippen LogP) is 5.54. The standard InChI is InChI=1S/C25H26F8N4O3/c1-15-11-35(12-16(2)37(15)14-23(26,27)25(31,32)33)22(39)36(20-5-3-4-19(10-20)24(28,29)30)13-17-6-8-18(9-7-17)21(38)34-40/h3-10,15-16,40H,11-14H2,1-2H3,(H,34,38)/t15-,16+. The first-order valence-corrected chi connectivity index (χ1v) is 11.9. The van der Waals surface area contributed by atoms with Crippen molar-refractivity contribution >= 4 is 17.6 Å². The molecule has 1 aliphatic rings. The van der Waals surface area contributed by atoms with Crippen LogP contribution in [0.2, 0.25) is 0 Å². The minimum absolute atomic E-state index is 0.0672. The maximum atomic E-state index is 13.8. The van der Waals surface area contributed by atoms with Gasteiger partial charge in [-0.05, 0) is 49.7 Å². The van der Waals surface area contributed by atoms with Gasteiger partial charge in [0.05, 0.1) is 18.7 Å². The molecule has 220 valence electrons. The van der Waals surface area contributed by atoms with Crippen molar-refractivity contribution in [2.75, 3.05) is 24.5 Å². The molecule has 0 saturated carbocycles. The first-order valence-electron chi connectivity index (χ1n) is 11.9. The van der Waals surface area contributed by atoms with Gasteiger partial charge in [0, 0.05) is 36.4 Å². The molecule has 0 aromatic heterocycles.